The first-order valence-corrected chi connectivity index (χ1v) is 6.19. The Labute approximate surface area is 107 Å². The number of benzene rings is 1. The van der Waals surface area contributed by atoms with E-state index in [4.69, 9.17) is 0 Å². The molecule has 96 valence electrons. The van der Waals surface area contributed by atoms with Crippen molar-refractivity contribution in [2.75, 3.05) is 18.9 Å². The Morgan fingerprint density at radius 1 is 1.28 bits per heavy atom. The number of hydrogen-bond acceptors (Lipinski definition) is 2. The van der Waals surface area contributed by atoms with Crippen LogP contribution in [0.15, 0.2) is 24.3 Å². The average Bonchev–Trinajstić information content (AvgIpc) is 3.13. The summed E-state index contributed by atoms with van der Waals surface area (Å²) >= 11 is 0. The Kier molecular flexibility index (Phi) is 3.65. The van der Waals surface area contributed by atoms with Crippen LogP contribution in [-0.4, -0.2) is 30.3 Å². The van der Waals surface area contributed by atoms with E-state index in [1.165, 1.54) is 19.8 Å². The molecule has 0 saturated heterocycles. The van der Waals surface area contributed by atoms with Crippen molar-refractivity contribution in [3.05, 3.63) is 29.8 Å². The maximum absolute atomic E-state index is 11.8. The molecule has 2 amide bonds. The van der Waals surface area contributed by atoms with E-state index in [2.05, 4.69) is 5.32 Å². The van der Waals surface area contributed by atoms with Gasteiger partial charge in [-0.15, -0.1) is 0 Å². The van der Waals surface area contributed by atoms with Gasteiger partial charge >= 0.3 is 6.03 Å². The highest BCUT2D eigenvalue weighted by molar-refractivity contribution is 5.95. The fourth-order valence-corrected chi connectivity index (χ4v) is 1.78. The van der Waals surface area contributed by atoms with Crippen LogP contribution in [0.1, 0.15) is 30.1 Å². The molecule has 0 heterocycles. The molecule has 0 aliphatic heterocycles. The Balaban J connectivity index is 1.91. The van der Waals surface area contributed by atoms with Crippen LogP contribution in [-0.2, 0) is 0 Å². The summed E-state index contributed by atoms with van der Waals surface area (Å²) in [5.74, 6) is 0.708. The second kappa shape index (κ2) is 5.21. The zero-order chi connectivity index (χ0) is 13.1. The van der Waals surface area contributed by atoms with Crippen molar-refractivity contribution in [3.63, 3.8) is 0 Å². The van der Waals surface area contributed by atoms with Crippen molar-refractivity contribution in [3.8, 4) is 0 Å². The van der Waals surface area contributed by atoms with Gasteiger partial charge in [0.25, 0.3) is 0 Å². The number of amides is 2. The first-order chi connectivity index (χ1) is 8.56. The molecule has 1 aliphatic rings. The third-order valence-electron chi connectivity index (χ3n) is 3.12. The van der Waals surface area contributed by atoms with Crippen LogP contribution in [0.3, 0.4) is 0 Å². The summed E-state index contributed by atoms with van der Waals surface area (Å²) in [6, 6.07) is 6.84. The number of anilines is 1. The molecule has 0 bridgehead atoms. The third kappa shape index (κ3) is 3.32. The van der Waals surface area contributed by atoms with Gasteiger partial charge in [-0.2, -0.15) is 0 Å². The fourth-order valence-electron chi connectivity index (χ4n) is 1.78. The highest BCUT2D eigenvalue weighted by Gasteiger charge is 2.24. The molecule has 0 aromatic heterocycles. The molecule has 0 spiro atoms. The number of hydrogen-bond donors (Lipinski definition) is 1. The standard InChI is InChI=1S/C14H18N2O2/c1-10(17)12-5-7-13(8-6-12)15-14(18)16(2)9-11-3-4-11/h5-8,11H,3-4,9H2,1-2H3,(H,15,18). The maximum atomic E-state index is 11.8. The van der Waals surface area contributed by atoms with Crippen LogP contribution < -0.4 is 5.32 Å². The molecule has 0 atom stereocenters. The van der Waals surface area contributed by atoms with Gasteiger partial charge in [0.15, 0.2) is 5.78 Å². The van der Waals surface area contributed by atoms with Crippen LogP contribution in [0.2, 0.25) is 0 Å². The lowest BCUT2D eigenvalue weighted by atomic mass is 10.1. The molecule has 1 aromatic rings. The third-order valence-corrected chi connectivity index (χ3v) is 3.12. The van der Waals surface area contributed by atoms with Gasteiger partial charge in [0, 0.05) is 24.8 Å². The van der Waals surface area contributed by atoms with Crippen LogP contribution >= 0.6 is 0 Å². The summed E-state index contributed by atoms with van der Waals surface area (Å²) in [6.07, 6.45) is 2.45. The van der Waals surface area contributed by atoms with Crippen LogP contribution in [0.25, 0.3) is 0 Å². The second-order valence-corrected chi connectivity index (χ2v) is 4.89. The molecule has 0 radical (unpaired) electrons. The summed E-state index contributed by atoms with van der Waals surface area (Å²) in [6.45, 7) is 2.34. The van der Waals surface area contributed by atoms with Gasteiger partial charge < -0.3 is 10.2 Å². The minimum Gasteiger partial charge on any atom is -0.327 e. The zero-order valence-electron chi connectivity index (χ0n) is 10.8. The van der Waals surface area contributed by atoms with E-state index in [1.54, 1.807) is 36.2 Å². The number of nitrogens with one attached hydrogen (secondary N) is 1. The zero-order valence-corrected chi connectivity index (χ0v) is 10.8. The number of urea groups is 1. The number of ketones is 1. The van der Waals surface area contributed by atoms with Crippen molar-refractivity contribution in [1.29, 1.82) is 0 Å². The second-order valence-electron chi connectivity index (χ2n) is 4.89. The van der Waals surface area contributed by atoms with E-state index in [0.717, 1.165) is 6.54 Å². The van der Waals surface area contributed by atoms with Gasteiger partial charge in [-0.25, -0.2) is 4.79 Å². The van der Waals surface area contributed by atoms with Crippen LogP contribution in [0.5, 0.6) is 0 Å². The minimum atomic E-state index is -0.0996. The van der Waals surface area contributed by atoms with E-state index < -0.39 is 0 Å². The molecule has 1 aromatic carbocycles. The molecular formula is C14H18N2O2. The molecule has 18 heavy (non-hydrogen) atoms. The Bertz CT molecular complexity index is 449. The molecule has 0 unspecified atom stereocenters. The first kappa shape index (κ1) is 12.6. The molecule has 1 fully saturated rings. The predicted molar refractivity (Wildman–Crippen MR) is 70.8 cm³/mol. The SMILES string of the molecule is CC(=O)c1ccc(NC(=O)N(C)CC2CC2)cc1. The van der Waals surface area contributed by atoms with E-state index in [1.807, 2.05) is 0 Å². The van der Waals surface area contributed by atoms with Gasteiger partial charge in [-0.3, -0.25) is 4.79 Å². The number of nitrogens with zero attached hydrogens (tertiary/aromatic N) is 1. The topological polar surface area (TPSA) is 49.4 Å². The van der Waals surface area contributed by atoms with Crippen molar-refractivity contribution >= 4 is 17.5 Å². The van der Waals surface area contributed by atoms with Crippen molar-refractivity contribution < 1.29 is 9.59 Å². The molecular weight excluding hydrogens is 228 g/mol. The van der Waals surface area contributed by atoms with Crippen molar-refractivity contribution in [1.82, 2.24) is 4.90 Å². The minimum absolute atomic E-state index is 0.0266. The molecule has 1 saturated carbocycles. The Morgan fingerprint density at radius 2 is 1.89 bits per heavy atom. The fraction of sp³-hybridized carbons (Fsp3) is 0.429. The number of rotatable bonds is 4. The summed E-state index contributed by atoms with van der Waals surface area (Å²) in [7, 11) is 1.80. The molecule has 1 aliphatic carbocycles. The largest absolute Gasteiger partial charge is 0.327 e. The molecule has 1 N–H and O–H groups in total. The van der Waals surface area contributed by atoms with E-state index >= 15 is 0 Å². The summed E-state index contributed by atoms with van der Waals surface area (Å²) < 4.78 is 0. The van der Waals surface area contributed by atoms with Gasteiger partial charge in [-0.05, 0) is 49.9 Å². The van der Waals surface area contributed by atoms with Crippen molar-refractivity contribution in [2.24, 2.45) is 5.92 Å². The lowest BCUT2D eigenvalue weighted by Crippen LogP contribution is -2.32. The van der Waals surface area contributed by atoms with E-state index in [-0.39, 0.29) is 11.8 Å². The number of carbonyl (C=O) groups excluding carboxylic acids is 2. The number of Topliss-reactive ketones (excluding diaryl/α,β-unsaturated/α-hetero) is 1. The monoisotopic (exact) mass is 246 g/mol. The van der Waals surface area contributed by atoms with Crippen LogP contribution in [0.4, 0.5) is 10.5 Å². The predicted octanol–water partition coefficient (Wildman–Crippen LogP) is 2.76. The summed E-state index contributed by atoms with van der Waals surface area (Å²) in [4.78, 5) is 24.7. The first-order valence-electron chi connectivity index (χ1n) is 6.19. The van der Waals surface area contributed by atoms with Gasteiger partial charge in [0.2, 0.25) is 0 Å². The lowest BCUT2D eigenvalue weighted by molar-refractivity contribution is 0.101. The normalized spacial score (nSPS) is 14.1. The smallest absolute Gasteiger partial charge is 0.321 e. The van der Waals surface area contributed by atoms with Gasteiger partial charge in [-0.1, -0.05) is 0 Å². The molecule has 2 rings (SSSR count). The summed E-state index contributed by atoms with van der Waals surface area (Å²) in [5.41, 5.74) is 1.37. The quantitative estimate of drug-likeness (QED) is 0.830. The van der Waals surface area contributed by atoms with Gasteiger partial charge in [0.05, 0.1) is 0 Å². The number of carbonyl (C=O) groups is 2. The Morgan fingerprint density at radius 3 is 2.39 bits per heavy atom. The highest BCUT2D eigenvalue weighted by Crippen LogP contribution is 2.29. The van der Waals surface area contributed by atoms with E-state index in [0.29, 0.717) is 17.2 Å². The van der Waals surface area contributed by atoms with Gasteiger partial charge in [0.1, 0.15) is 0 Å². The average molecular weight is 246 g/mol. The highest BCUT2D eigenvalue weighted by atomic mass is 16.2. The molecule has 4 nitrogen and oxygen atoms in total. The Hall–Kier alpha value is -1.84. The summed E-state index contributed by atoms with van der Waals surface area (Å²) in [5, 5.41) is 2.82. The van der Waals surface area contributed by atoms with Crippen molar-refractivity contribution in [2.45, 2.75) is 19.8 Å². The van der Waals surface area contributed by atoms with E-state index in [9.17, 15) is 9.59 Å². The maximum Gasteiger partial charge on any atom is 0.321 e. The van der Waals surface area contributed by atoms with Crippen LogP contribution in [0, 0.1) is 5.92 Å². The lowest BCUT2D eigenvalue weighted by Gasteiger charge is -2.17. The molecule has 4 heteroatoms.